The SMILES string of the molecule is CCc1ncc(Cl)c(C(=O)N2CCc3sccc3C2)n1. The summed E-state index contributed by atoms with van der Waals surface area (Å²) in [6, 6.07) is 2.08. The second-order valence-corrected chi connectivity index (χ2v) is 6.09. The van der Waals surface area contributed by atoms with Crippen LogP contribution < -0.4 is 0 Å². The van der Waals surface area contributed by atoms with E-state index >= 15 is 0 Å². The first-order valence-corrected chi connectivity index (χ1v) is 7.80. The molecule has 0 aromatic carbocycles. The van der Waals surface area contributed by atoms with E-state index in [-0.39, 0.29) is 5.91 Å². The lowest BCUT2D eigenvalue weighted by Crippen LogP contribution is -2.36. The number of hydrogen-bond acceptors (Lipinski definition) is 4. The lowest BCUT2D eigenvalue weighted by molar-refractivity contribution is 0.0729. The molecule has 104 valence electrons. The van der Waals surface area contributed by atoms with Gasteiger partial charge < -0.3 is 4.90 Å². The summed E-state index contributed by atoms with van der Waals surface area (Å²) in [7, 11) is 0. The zero-order chi connectivity index (χ0) is 14.1. The number of hydrogen-bond donors (Lipinski definition) is 0. The van der Waals surface area contributed by atoms with Gasteiger partial charge in [-0.1, -0.05) is 18.5 Å². The smallest absolute Gasteiger partial charge is 0.274 e. The number of carbonyl (C=O) groups excluding carboxylic acids is 1. The van der Waals surface area contributed by atoms with Gasteiger partial charge in [0.2, 0.25) is 0 Å². The molecule has 6 heteroatoms. The minimum atomic E-state index is -0.107. The van der Waals surface area contributed by atoms with Gasteiger partial charge in [0.25, 0.3) is 5.91 Å². The highest BCUT2D eigenvalue weighted by molar-refractivity contribution is 7.10. The van der Waals surface area contributed by atoms with Crippen LogP contribution in [0.15, 0.2) is 17.6 Å². The maximum atomic E-state index is 12.6. The Hall–Kier alpha value is -1.46. The molecule has 2 aromatic heterocycles. The highest BCUT2D eigenvalue weighted by Gasteiger charge is 2.25. The van der Waals surface area contributed by atoms with Gasteiger partial charge in [0, 0.05) is 24.4 Å². The van der Waals surface area contributed by atoms with Crippen molar-refractivity contribution in [2.75, 3.05) is 6.54 Å². The van der Waals surface area contributed by atoms with Gasteiger partial charge in [-0.25, -0.2) is 9.97 Å². The summed E-state index contributed by atoms with van der Waals surface area (Å²) >= 11 is 7.83. The van der Waals surface area contributed by atoms with E-state index in [1.165, 1.54) is 16.6 Å². The average molecular weight is 308 g/mol. The van der Waals surface area contributed by atoms with Gasteiger partial charge in [0.15, 0.2) is 5.69 Å². The fourth-order valence-electron chi connectivity index (χ4n) is 2.30. The van der Waals surface area contributed by atoms with E-state index in [0.29, 0.717) is 36.1 Å². The van der Waals surface area contributed by atoms with Gasteiger partial charge in [-0.15, -0.1) is 11.3 Å². The van der Waals surface area contributed by atoms with Crippen LogP contribution in [0.5, 0.6) is 0 Å². The largest absolute Gasteiger partial charge is 0.333 e. The van der Waals surface area contributed by atoms with Gasteiger partial charge in [0.1, 0.15) is 5.82 Å². The number of halogens is 1. The first kappa shape index (κ1) is 13.5. The minimum absolute atomic E-state index is 0.107. The lowest BCUT2D eigenvalue weighted by atomic mass is 10.1. The maximum Gasteiger partial charge on any atom is 0.274 e. The quantitative estimate of drug-likeness (QED) is 0.857. The standard InChI is InChI=1S/C14H14ClN3OS/c1-2-12-16-7-10(15)13(17-12)14(19)18-5-3-11-9(8-18)4-6-20-11/h4,6-7H,2-3,5,8H2,1H3. The van der Waals surface area contributed by atoms with Gasteiger partial charge in [-0.3, -0.25) is 4.79 Å². The molecule has 0 fully saturated rings. The number of aromatic nitrogens is 2. The molecule has 4 nitrogen and oxygen atoms in total. The summed E-state index contributed by atoms with van der Waals surface area (Å²) in [6.45, 7) is 3.31. The molecule has 1 amide bonds. The molecule has 0 unspecified atom stereocenters. The number of fused-ring (bicyclic) bond motifs is 1. The summed E-state index contributed by atoms with van der Waals surface area (Å²) in [4.78, 5) is 24.1. The minimum Gasteiger partial charge on any atom is -0.333 e. The normalized spacial score (nSPS) is 14.2. The monoisotopic (exact) mass is 307 g/mol. The third-order valence-electron chi connectivity index (χ3n) is 3.41. The lowest BCUT2D eigenvalue weighted by Gasteiger charge is -2.27. The molecular formula is C14H14ClN3OS. The zero-order valence-electron chi connectivity index (χ0n) is 11.1. The molecule has 0 aliphatic carbocycles. The van der Waals surface area contributed by atoms with Crippen LogP contribution in [0.1, 0.15) is 33.7 Å². The predicted molar refractivity (Wildman–Crippen MR) is 79.2 cm³/mol. The fraction of sp³-hybridized carbons (Fsp3) is 0.357. The molecule has 1 aliphatic heterocycles. The van der Waals surface area contributed by atoms with Crippen molar-refractivity contribution in [2.45, 2.75) is 26.3 Å². The van der Waals surface area contributed by atoms with Crippen LogP contribution in [0, 0.1) is 0 Å². The Bertz CT molecular complexity index is 656. The van der Waals surface area contributed by atoms with Crippen LogP contribution >= 0.6 is 22.9 Å². The molecule has 1 aliphatic rings. The van der Waals surface area contributed by atoms with E-state index in [4.69, 9.17) is 11.6 Å². The third kappa shape index (κ3) is 2.43. The summed E-state index contributed by atoms with van der Waals surface area (Å²) in [5.41, 5.74) is 1.55. The Morgan fingerprint density at radius 1 is 1.55 bits per heavy atom. The van der Waals surface area contributed by atoms with E-state index in [2.05, 4.69) is 21.4 Å². The number of carbonyl (C=O) groups is 1. The van der Waals surface area contributed by atoms with E-state index in [9.17, 15) is 4.79 Å². The van der Waals surface area contributed by atoms with Gasteiger partial charge in [-0.2, -0.15) is 0 Å². The molecule has 0 radical (unpaired) electrons. The van der Waals surface area contributed by atoms with E-state index in [1.807, 2.05) is 11.8 Å². The van der Waals surface area contributed by atoms with Crippen molar-refractivity contribution in [3.05, 3.63) is 44.6 Å². The van der Waals surface area contributed by atoms with E-state index in [1.54, 1.807) is 11.3 Å². The molecule has 0 spiro atoms. The van der Waals surface area contributed by atoms with Crippen LogP contribution in [-0.2, 0) is 19.4 Å². The molecular weight excluding hydrogens is 294 g/mol. The summed E-state index contributed by atoms with van der Waals surface area (Å²) in [6.07, 6.45) is 3.11. The van der Waals surface area contributed by atoms with Crippen molar-refractivity contribution in [3.8, 4) is 0 Å². The van der Waals surface area contributed by atoms with Crippen LogP contribution in [-0.4, -0.2) is 27.3 Å². The molecule has 0 N–H and O–H groups in total. The number of amides is 1. The molecule has 2 aromatic rings. The fourth-order valence-corrected chi connectivity index (χ4v) is 3.36. The third-order valence-corrected chi connectivity index (χ3v) is 4.71. The molecule has 0 saturated carbocycles. The van der Waals surface area contributed by atoms with Gasteiger partial charge >= 0.3 is 0 Å². The highest BCUT2D eigenvalue weighted by Crippen LogP contribution is 2.25. The second kappa shape index (κ2) is 5.50. The maximum absolute atomic E-state index is 12.6. The second-order valence-electron chi connectivity index (χ2n) is 4.68. The molecule has 0 saturated heterocycles. The van der Waals surface area contributed by atoms with Crippen molar-refractivity contribution < 1.29 is 4.79 Å². The first-order chi connectivity index (χ1) is 9.69. The first-order valence-electron chi connectivity index (χ1n) is 6.55. The molecule has 3 rings (SSSR count). The van der Waals surface area contributed by atoms with Crippen molar-refractivity contribution in [1.82, 2.24) is 14.9 Å². The Morgan fingerprint density at radius 3 is 3.20 bits per heavy atom. The Morgan fingerprint density at radius 2 is 2.40 bits per heavy atom. The Balaban J connectivity index is 1.87. The summed E-state index contributed by atoms with van der Waals surface area (Å²) in [5.74, 6) is 0.537. The van der Waals surface area contributed by atoms with Crippen LogP contribution in [0.25, 0.3) is 0 Å². The van der Waals surface area contributed by atoms with Crippen LogP contribution in [0.2, 0.25) is 5.02 Å². The van der Waals surface area contributed by atoms with Crippen molar-refractivity contribution >= 4 is 28.8 Å². The topological polar surface area (TPSA) is 46.1 Å². The molecule has 0 atom stereocenters. The molecule has 3 heterocycles. The van der Waals surface area contributed by atoms with Gasteiger partial charge in [-0.05, 0) is 23.4 Å². The van der Waals surface area contributed by atoms with Crippen molar-refractivity contribution in [2.24, 2.45) is 0 Å². The Labute approximate surface area is 126 Å². The highest BCUT2D eigenvalue weighted by atomic mass is 35.5. The zero-order valence-corrected chi connectivity index (χ0v) is 12.7. The number of rotatable bonds is 2. The number of nitrogens with zero attached hydrogens (tertiary/aromatic N) is 3. The molecule has 20 heavy (non-hydrogen) atoms. The molecule has 0 bridgehead atoms. The number of aryl methyl sites for hydroxylation is 1. The predicted octanol–water partition coefficient (Wildman–Crippen LogP) is 2.95. The van der Waals surface area contributed by atoms with Crippen LogP contribution in [0.4, 0.5) is 0 Å². The average Bonchev–Trinajstić information content (AvgIpc) is 2.94. The van der Waals surface area contributed by atoms with Crippen molar-refractivity contribution in [1.29, 1.82) is 0 Å². The van der Waals surface area contributed by atoms with E-state index < -0.39 is 0 Å². The van der Waals surface area contributed by atoms with Crippen LogP contribution in [0.3, 0.4) is 0 Å². The Kier molecular flexibility index (Phi) is 3.72. The van der Waals surface area contributed by atoms with Gasteiger partial charge in [0.05, 0.1) is 11.2 Å². The van der Waals surface area contributed by atoms with E-state index in [0.717, 1.165) is 6.42 Å². The number of thiophene rings is 1. The van der Waals surface area contributed by atoms with Crippen molar-refractivity contribution in [3.63, 3.8) is 0 Å². The summed E-state index contributed by atoms with van der Waals surface area (Å²) < 4.78 is 0. The summed E-state index contributed by atoms with van der Waals surface area (Å²) in [5, 5.41) is 2.40.